The summed E-state index contributed by atoms with van der Waals surface area (Å²) in [4.78, 5) is 11.5. The van der Waals surface area contributed by atoms with Gasteiger partial charge in [0, 0.05) is 0 Å². The van der Waals surface area contributed by atoms with Crippen LogP contribution in [-0.2, 0) is 11.2 Å². The molecule has 0 bridgehead atoms. The Balaban J connectivity index is 2.34. The van der Waals surface area contributed by atoms with Crippen molar-refractivity contribution < 1.29 is 14.3 Å². The number of hydrogen-bond acceptors (Lipinski definition) is 3. The first-order chi connectivity index (χ1) is 9.65. The second-order valence-electron chi connectivity index (χ2n) is 5.30. The molecule has 0 saturated heterocycles. The number of rotatable bonds is 8. The van der Waals surface area contributed by atoms with E-state index >= 15 is 0 Å². The minimum Gasteiger partial charge on any atom is -0.434 e. The molecule has 0 aliphatic heterocycles. The van der Waals surface area contributed by atoms with Crippen molar-refractivity contribution in [2.24, 2.45) is 5.92 Å². The number of benzene rings is 1. The van der Waals surface area contributed by atoms with Gasteiger partial charge in [0.15, 0.2) is 0 Å². The lowest BCUT2D eigenvalue weighted by Crippen LogP contribution is -2.15. The van der Waals surface area contributed by atoms with Gasteiger partial charge in [-0.1, -0.05) is 45.7 Å². The van der Waals surface area contributed by atoms with E-state index in [0.717, 1.165) is 19.3 Å². The first-order valence-corrected chi connectivity index (χ1v) is 7.59. The average molecular weight is 278 g/mol. The predicted octanol–water partition coefficient (Wildman–Crippen LogP) is 4.98. The molecule has 112 valence electrons. The molecule has 1 aromatic carbocycles. The van der Waals surface area contributed by atoms with Crippen LogP contribution in [0.1, 0.15) is 52.0 Å². The van der Waals surface area contributed by atoms with Gasteiger partial charge in [0.1, 0.15) is 5.75 Å². The summed E-state index contributed by atoms with van der Waals surface area (Å²) in [5.74, 6) is 0.919. The van der Waals surface area contributed by atoms with Gasteiger partial charge >= 0.3 is 6.16 Å². The van der Waals surface area contributed by atoms with Crippen molar-refractivity contribution in [3.8, 4) is 5.75 Å². The first kappa shape index (κ1) is 16.5. The van der Waals surface area contributed by atoms with E-state index < -0.39 is 6.16 Å². The molecule has 1 unspecified atom stereocenters. The van der Waals surface area contributed by atoms with Crippen LogP contribution < -0.4 is 4.74 Å². The summed E-state index contributed by atoms with van der Waals surface area (Å²) in [7, 11) is 0. The molecular formula is C17H26O3. The Morgan fingerprint density at radius 3 is 2.45 bits per heavy atom. The van der Waals surface area contributed by atoms with Gasteiger partial charge in [-0.2, -0.15) is 0 Å². The molecule has 1 rings (SSSR count). The van der Waals surface area contributed by atoms with Crippen LogP contribution in [0.2, 0.25) is 0 Å². The summed E-state index contributed by atoms with van der Waals surface area (Å²) in [6.45, 7) is 6.78. The van der Waals surface area contributed by atoms with Crippen molar-refractivity contribution in [1.82, 2.24) is 0 Å². The van der Waals surface area contributed by atoms with Crippen molar-refractivity contribution in [3.63, 3.8) is 0 Å². The van der Waals surface area contributed by atoms with E-state index in [0.29, 0.717) is 18.3 Å². The van der Waals surface area contributed by atoms with E-state index in [1.807, 2.05) is 24.3 Å². The van der Waals surface area contributed by atoms with Crippen LogP contribution in [0.4, 0.5) is 4.79 Å². The molecule has 0 fully saturated rings. The topological polar surface area (TPSA) is 35.5 Å². The third kappa shape index (κ3) is 6.60. The molecule has 0 saturated carbocycles. The Morgan fingerprint density at radius 1 is 1.15 bits per heavy atom. The minimum atomic E-state index is -0.616. The average Bonchev–Trinajstić information content (AvgIpc) is 2.45. The second-order valence-corrected chi connectivity index (χ2v) is 5.30. The van der Waals surface area contributed by atoms with Crippen LogP contribution in [0.15, 0.2) is 24.3 Å². The maximum atomic E-state index is 11.5. The Labute approximate surface area is 122 Å². The largest absolute Gasteiger partial charge is 0.513 e. The van der Waals surface area contributed by atoms with Crippen molar-refractivity contribution in [1.29, 1.82) is 0 Å². The lowest BCUT2D eigenvalue weighted by atomic mass is 10.1. The second kappa shape index (κ2) is 9.40. The number of unbranched alkanes of at least 4 members (excludes halogenated alkanes) is 1. The Morgan fingerprint density at radius 2 is 1.85 bits per heavy atom. The summed E-state index contributed by atoms with van der Waals surface area (Å²) < 4.78 is 10.2. The Kier molecular flexibility index (Phi) is 7.78. The van der Waals surface area contributed by atoms with Crippen LogP contribution >= 0.6 is 0 Å². The zero-order valence-corrected chi connectivity index (χ0v) is 12.9. The molecule has 3 heteroatoms. The summed E-state index contributed by atoms with van der Waals surface area (Å²) in [5.41, 5.74) is 1.27. The highest BCUT2D eigenvalue weighted by Gasteiger charge is 2.09. The van der Waals surface area contributed by atoms with Crippen LogP contribution in [0.25, 0.3) is 0 Å². The van der Waals surface area contributed by atoms with Gasteiger partial charge in [0.25, 0.3) is 0 Å². The maximum Gasteiger partial charge on any atom is 0.513 e. The molecule has 0 spiro atoms. The summed E-state index contributed by atoms with van der Waals surface area (Å²) in [6.07, 6.45) is 4.96. The molecule has 0 amide bonds. The summed E-state index contributed by atoms with van der Waals surface area (Å²) in [6, 6.07) is 7.64. The SMILES string of the molecule is CCCCc1ccc(OC(=O)OCC(C)CCC)cc1. The lowest BCUT2D eigenvalue weighted by molar-refractivity contribution is 0.0849. The van der Waals surface area contributed by atoms with E-state index in [1.54, 1.807) is 0 Å². The highest BCUT2D eigenvalue weighted by molar-refractivity contribution is 5.63. The molecule has 0 N–H and O–H groups in total. The lowest BCUT2D eigenvalue weighted by Gasteiger charge is -2.11. The molecule has 0 heterocycles. The molecule has 0 aliphatic carbocycles. The highest BCUT2D eigenvalue weighted by Crippen LogP contribution is 2.15. The highest BCUT2D eigenvalue weighted by atomic mass is 16.7. The summed E-state index contributed by atoms with van der Waals surface area (Å²) in [5, 5.41) is 0. The molecule has 1 atom stereocenters. The maximum absolute atomic E-state index is 11.5. The fourth-order valence-electron chi connectivity index (χ4n) is 2.02. The monoisotopic (exact) mass is 278 g/mol. The molecule has 0 radical (unpaired) electrons. The third-order valence-electron chi connectivity index (χ3n) is 3.21. The number of aryl methyl sites for hydroxylation is 1. The van der Waals surface area contributed by atoms with Crippen molar-refractivity contribution in [2.75, 3.05) is 6.61 Å². The van der Waals surface area contributed by atoms with E-state index in [1.165, 1.54) is 18.4 Å². The number of hydrogen-bond donors (Lipinski definition) is 0. The molecule has 3 nitrogen and oxygen atoms in total. The molecular weight excluding hydrogens is 252 g/mol. The van der Waals surface area contributed by atoms with Crippen molar-refractivity contribution in [3.05, 3.63) is 29.8 Å². The Bertz CT molecular complexity index is 384. The van der Waals surface area contributed by atoms with Gasteiger partial charge < -0.3 is 9.47 Å². The van der Waals surface area contributed by atoms with Gasteiger partial charge in [0.2, 0.25) is 0 Å². The quantitative estimate of drug-likeness (QED) is 0.497. The third-order valence-corrected chi connectivity index (χ3v) is 3.21. The fourth-order valence-corrected chi connectivity index (χ4v) is 2.02. The van der Waals surface area contributed by atoms with E-state index in [4.69, 9.17) is 9.47 Å². The molecule has 0 aliphatic rings. The van der Waals surface area contributed by atoms with E-state index in [-0.39, 0.29) is 0 Å². The number of carbonyl (C=O) groups is 1. The molecule has 0 aromatic heterocycles. The summed E-state index contributed by atoms with van der Waals surface area (Å²) >= 11 is 0. The van der Waals surface area contributed by atoms with E-state index in [2.05, 4.69) is 20.8 Å². The van der Waals surface area contributed by atoms with Crippen LogP contribution in [0.3, 0.4) is 0 Å². The first-order valence-electron chi connectivity index (χ1n) is 7.59. The van der Waals surface area contributed by atoms with Crippen molar-refractivity contribution in [2.45, 2.75) is 52.9 Å². The molecule has 1 aromatic rings. The smallest absolute Gasteiger partial charge is 0.434 e. The minimum absolute atomic E-state index is 0.379. The van der Waals surface area contributed by atoms with Crippen LogP contribution in [0, 0.1) is 5.92 Å². The molecule has 20 heavy (non-hydrogen) atoms. The zero-order chi connectivity index (χ0) is 14.8. The Hall–Kier alpha value is -1.51. The van der Waals surface area contributed by atoms with Crippen LogP contribution in [0.5, 0.6) is 5.75 Å². The number of ether oxygens (including phenoxy) is 2. The zero-order valence-electron chi connectivity index (χ0n) is 12.9. The van der Waals surface area contributed by atoms with E-state index in [9.17, 15) is 4.79 Å². The van der Waals surface area contributed by atoms with Gasteiger partial charge in [-0.25, -0.2) is 4.79 Å². The fraction of sp³-hybridized carbons (Fsp3) is 0.588. The van der Waals surface area contributed by atoms with Gasteiger partial charge in [-0.3, -0.25) is 0 Å². The van der Waals surface area contributed by atoms with Gasteiger partial charge in [-0.15, -0.1) is 0 Å². The normalized spacial score (nSPS) is 11.9. The standard InChI is InChI=1S/C17H26O3/c1-4-6-8-15-9-11-16(12-10-15)20-17(18)19-13-14(3)7-5-2/h9-12,14H,4-8,13H2,1-3H3. The predicted molar refractivity (Wildman–Crippen MR) is 81.1 cm³/mol. The van der Waals surface area contributed by atoms with Crippen molar-refractivity contribution >= 4 is 6.16 Å². The van der Waals surface area contributed by atoms with Crippen LogP contribution in [-0.4, -0.2) is 12.8 Å². The van der Waals surface area contributed by atoms with Gasteiger partial charge in [-0.05, 0) is 42.9 Å². The van der Waals surface area contributed by atoms with Gasteiger partial charge in [0.05, 0.1) is 6.61 Å². The number of carbonyl (C=O) groups excluding carboxylic acids is 1.